The minimum absolute atomic E-state index is 0.137. The van der Waals surface area contributed by atoms with E-state index in [2.05, 4.69) is 0 Å². The molecule has 4 nitrogen and oxygen atoms in total. The maximum absolute atomic E-state index is 12.3. The van der Waals surface area contributed by atoms with Gasteiger partial charge in [0.15, 0.2) is 0 Å². The van der Waals surface area contributed by atoms with Gasteiger partial charge >= 0.3 is 11.6 Å². The monoisotopic (exact) mass is 328 g/mol. The number of hydrogen-bond acceptors (Lipinski definition) is 3. The number of aryl methyl sites for hydroxylation is 1. The SMILES string of the molecule is Cc1cc2c(-c3ccccc3)c(CC(=O)O)c(=O)oc2cc1Cl. The van der Waals surface area contributed by atoms with Crippen LogP contribution in [0.5, 0.6) is 0 Å². The van der Waals surface area contributed by atoms with Crippen LogP contribution in [0.4, 0.5) is 0 Å². The van der Waals surface area contributed by atoms with Gasteiger partial charge in [-0.2, -0.15) is 0 Å². The molecule has 0 atom stereocenters. The Kier molecular flexibility index (Phi) is 3.92. The summed E-state index contributed by atoms with van der Waals surface area (Å²) in [6, 6.07) is 12.6. The third-order valence-corrected chi connectivity index (χ3v) is 4.08. The van der Waals surface area contributed by atoms with E-state index in [9.17, 15) is 9.59 Å². The van der Waals surface area contributed by atoms with E-state index >= 15 is 0 Å². The summed E-state index contributed by atoms with van der Waals surface area (Å²) in [7, 11) is 0. The van der Waals surface area contributed by atoms with E-state index in [-0.39, 0.29) is 5.56 Å². The Labute approximate surface area is 136 Å². The van der Waals surface area contributed by atoms with Gasteiger partial charge in [-0.1, -0.05) is 41.9 Å². The lowest BCUT2D eigenvalue weighted by molar-refractivity contribution is -0.136. The third-order valence-electron chi connectivity index (χ3n) is 3.67. The van der Waals surface area contributed by atoms with E-state index in [0.717, 1.165) is 11.1 Å². The Morgan fingerprint density at radius 2 is 1.91 bits per heavy atom. The van der Waals surface area contributed by atoms with Crippen molar-refractivity contribution in [2.45, 2.75) is 13.3 Å². The Morgan fingerprint density at radius 1 is 1.22 bits per heavy atom. The van der Waals surface area contributed by atoms with E-state index in [1.165, 1.54) is 0 Å². The summed E-state index contributed by atoms with van der Waals surface area (Å²) in [6.07, 6.45) is -0.399. The molecule has 0 saturated carbocycles. The van der Waals surface area contributed by atoms with Crippen molar-refractivity contribution in [3.05, 3.63) is 69.0 Å². The van der Waals surface area contributed by atoms with Crippen LogP contribution in [0.2, 0.25) is 5.02 Å². The minimum atomic E-state index is -1.08. The minimum Gasteiger partial charge on any atom is -0.481 e. The fourth-order valence-electron chi connectivity index (χ4n) is 2.62. The number of halogens is 1. The highest BCUT2D eigenvalue weighted by atomic mass is 35.5. The second-order valence-electron chi connectivity index (χ2n) is 5.28. The number of benzene rings is 2. The van der Waals surface area contributed by atoms with Crippen LogP contribution in [0.15, 0.2) is 51.7 Å². The zero-order valence-corrected chi connectivity index (χ0v) is 13.1. The average Bonchev–Trinajstić information content (AvgIpc) is 2.51. The Bertz CT molecular complexity index is 958. The molecular weight excluding hydrogens is 316 g/mol. The maximum Gasteiger partial charge on any atom is 0.340 e. The molecule has 116 valence electrons. The van der Waals surface area contributed by atoms with Crippen LogP contribution in [0.3, 0.4) is 0 Å². The first-order chi connectivity index (χ1) is 11.0. The lowest BCUT2D eigenvalue weighted by atomic mass is 9.95. The summed E-state index contributed by atoms with van der Waals surface area (Å²) in [5.74, 6) is -1.08. The van der Waals surface area contributed by atoms with Gasteiger partial charge in [-0.15, -0.1) is 0 Å². The molecule has 1 aromatic heterocycles. The lowest BCUT2D eigenvalue weighted by Gasteiger charge is -2.12. The van der Waals surface area contributed by atoms with Crippen molar-refractivity contribution in [1.29, 1.82) is 0 Å². The molecule has 0 saturated heterocycles. The van der Waals surface area contributed by atoms with Gasteiger partial charge in [0.05, 0.1) is 12.0 Å². The van der Waals surface area contributed by atoms with Crippen LogP contribution in [0.1, 0.15) is 11.1 Å². The molecule has 0 aliphatic heterocycles. The van der Waals surface area contributed by atoms with Gasteiger partial charge in [-0.05, 0) is 24.1 Å². The molecule has 1 heterocycles. The number of carboxylic acids is 1. The van der Waals surface area contributed by atoms with Crippen molar-refractivity contribution >= 4 is 28.5 Å². The van der Waals surface area contributed by atoms with Crippen LogP contribution < -0.4 is 5.63 Å². The zero-order chi connectivity index (χ0) is 16.6. The molecule has 2 aromatic carbocycles. The predicted octanol–water partition coefficient (Wildman–Crippen LogP) is 4.05. The van der Waals surface area contributed by atoms with E-state index in [1.54, 1.807) is 6.07 Å². The second kappa shape index (κ2) is 5.89. The van der Waals surface area contributed by atoms with Crippen molar-refractivity contribution in [2.75, 3.05) is 0 Å². The van der Waals surface area contributed by atoms with Gasteiger partial charge in [-0.3, -0.25) is 4.79 Å². The van der Waals surface area contributed by atoms with Crippen molar-refractivity contribution < 1.29 is 14.3 Å². The average molecular weight is 329 g/mol. The molecule has 1 N–H and O–H groups in total. The molecule has 3 aromatic rings. The Morgan fingerprint density at radius 3 is 2.57 bits per heavy atom. The van der Waals surface area contributed by atoms with Crippen molar-refractivity contribution in [3.8, 4) is 11.1 Å². The first-order valence-corrected chi connectivity index (χ1v) is 7.38. The van der Waals surface area contributed by atoms with Crippen molar-refractivity contribution in [2.24, 2.45) is 0 Å². The van der Waals surface area contributed by atoms with E-state index in [0.29, 0.717) is 21.6 Å². The van der Waals surface area contributed by atoms with Crippen LogP contribution in [0, 0.1) is 6.92 Å². The van der Waals surface area contributed by atoms with Gasteiger partial charge in [0.2, 0.25) is 0 Å². The molecular formula is C18H13ClO4. The number of fused-ring (bicyclic) bond motifs is 1. The zero-order valence-electron chi connectivity index (χ0n) is 12.3. The molecule has 0 unspecified atom stereocenters. The highest BCUT2D eigenvalue weighted by Crippen LogP contribution is 2.33. The van der Waals surface area contributed by atoms with Gasteiger partial charge in [0, 0.05) is 22.0 Å². The van der Waals surface area contributed by atoms with Crippen molar-refractivity contribution in [1.82, 2.24) is 0 Å². The highest BCUT2D eigenvalue weighted by molar-refractivity contribution is 6.32. The van der Waals surface area contributed by atoms with Crippen LogP contribution in [-0.2, 0) is 11.2 Å². The first kappa shape index (κ1) is 15.3. The Hall–Kier alpha value is -2.59. The molecule has 0 spiro atoms. The standard InChI is InChI=1S/C18H13ClO4/c1-10-7-12-15(9-14(10)19)23-18(22)13(8-16(20)21)17(12)11-5-3-2-4-6-11/h2-7,9H,8H2,1H3,(H,20,21). The van der Waals surface area contributed by atoms with Crippen molar-refractivity contribution in [3.63, 3.8) is 0 Å². The van der Waals surface area contributed by atoms with Gasteiger partial charge in [-0.25, -0.2) is 4.79 Å². The molecule has 0 amide bonds. The van der Waals surface area contributed by atoms with E-state index in [4.69, 9.17) is 21.1 Å². The lowest BCUT2D eigenvalue weighted by Crippen LogP contribution is -2.14. The smallest absolute Gasteiger partial charge is 0.340 e. The second-order valence-corrected chi connectivity index (χ2v) is 5.68. The fraction of sp³-hybridized carbons (Fsp3) is 0.111. The summed E-state index contributed by atoms with van der Waals surface area (Å²) >= 11 is 6.11. The summed E-state index contributed by atoms with van der Waals surface area (Å²) in [6.45, 7) is 1.85. The quantitative estimate of drug-likeness (QED) is 0.736. The normalized spacial score (nSPS) is 10.9. The molecule has 0 bridgehead atoms. The predicted molar refractivity (Wildman–Crippen MR) is 89.0 cm³/mol. The van der Waals surface area contributed by atoms with Gasteiger partial charge in [0.25, 0.3) is 0 Å². The van der Waals surface area contributed by atoms with Gasteiger partial charge in [0.1, 0.15) is 5.58 Å². The summed E-state index contributed by atoms with van der Waals surface area (Å²) in [5, 5.41) is 10.3. The molecule has 0 aliphatic carbocycles. The molecule has 0 radical (unpaired) electrons. The molecule has 5 heteroatoms. The fourth-order valence-corrected chi connectivity index (χ4v) is 2.77. The third kappa shape index (κ3) is 2.85. The molecule has 0 aliphatic rings. The highest BCUT2D eigenvalue weighted by Gasteiger charge is 2.19. The number of rotatable bonds is 3. The summed E-state index contributed by atoms with van der Waals surface area (Å²) in [5.41, 5.74) is 2.00. The topological polar surface area (TPSA) is 67.5 Å². The van der Waals surface area contributed by atoms with Gasteiger partial charge < -0.3 is 9.52 Å². The van der Waals surface area contributed by atoms with Crippen LogP contribution in [-0.4, -0.2) is 11.1 Å². The molecule has 23 heavy (non-hydrogen) atoms. The maximum atomic E-state index is 12.3. The number of carboxylic acid groups (broad SMARTS) is 1. The molecule has 3 rings (SSSR count). The van der Waals surface area contributed by atoms with Crippen LogP contribution in [0.25, 0.3) is 22.1 Å². The largest absolute Gasteiger partial charge is 0.481 e. The summed E-state index contributed by atoms with van der Waals surface area (Å²) < 4.78 is 5.29. The van der Waals surface area contributed by atoms with E-state index < -0.39 is 18.0 Å². The van der Waals surface area contributed by atoms with Crippen LogP contribution >= 0.6 is 11.6 Å². The number of hydrogen-bond donors (Lipinski definition) is 1. The number of carbonyl (C=O) groups is 1. The summed E-state index contributed by atoms with van der Waals surface area (Å²) in [4.78, 5) is 23.4. The van der Waals surface area contributed by atoms with E-state index in [1.807, 2.05) is 43.3 Å². The molecule has 0 fully saturated rings. The Balaban J connectivity index is 2.46. The first-order valence-electron chi connectivity index (χ1n) is 7.00. The number of aliphatic carboxylic acids is 1.